The van der Waals surface area contributed by atoms with E-state index < -0.39 is 17.9 Å². The van der Waals surface area contributed by atoms with Gasteiger partial charge in [-0.1, -0.05) is 17.7 Å². The van der Waals surface area contributed by atoms with E-state index in [1.165, 1.54) is 30.6 Å². The molecular weight excluding hydrogens is 326 g/mol. The molecule has 5 nitrogen and oxygen atoms in total. The number of hydrogen-bond acceptors (Lipinski definition) is 5. The Balaban J connectivity index is 2.12. The first-order valence-corrected chi connectivity index (χ1v) is 7.59. The summed E-state index contributed by atoms with van der Waals surface area (Å²) in [5.74, 6) is -2.05. The van der Waals surface area contributed by atoms with Crippen LogP contribution in [0.25, 0.3) is 0 Å². The molecule has 1 aromatic carbocycles. The summed E-state index contributed by atoms with van der Waals surface area (Å²) in [6, 6.07) is 8.00. The highest BCUT2D eigenvalue weighted by Gasteiger charge is 2.45. The molecule has 2 amide bonds. The molecule has 0 saturated heterocycles. The van der Waals surface area contributed by atoms with Crippen LogP contribution in [-0.2, 0) is 9.53 Å². The SMILES string of the molecule is COC(=O)N1C(=O)C(C(=O)c2cccs2)c2cc(Cl)ccc21. The van der Waals surface area contributed by atoms with Crippen molar-refractivity contribution in [2.24, 2.45) is 0 Å². The average Bonchev–Trinajstić information content (AvgIpc) is 3.11. The molecule has 1 atom stereocenters. The van der Waals surface area contributed by atoms with Crippen LogP contribution in [0.15, 0.2) is 35.7 Å². The number of rotatable bonds is 2. The Morgan fingerprint density at radius 2 is 2.09 bits per heavy atom. The number of thiophene rings is 1. The number of hydrogen-bond donors (Lipinski definition) is 0. The summed E-state index contributed by atoms with van der Waals surface area (Å²) < 4.78 is 4.63. The van der Waals surface area contributed by atoms with Gasteiger partial charge in [0, 0.05) is 5.02 Å². The highest BCUT2D eigenvalue weighted by molar-refractivity contribution is 7.12. The van der Waals surface area contributed by atoms with Gasteiger partial charge in [0.1, 0.15) is 5.92 Å². The van der Waals surface area contributed by atoms with E-state index >= 15 is 0 Å². The van der Waals surface area contributed by atoms with Crippen molar-refractivity contribution in [2.45, 2.75) is 5.92 Å². The Bertz CT molecular complexity index is 772. The molecule has 1 aliphatic heterocycles. The Hall–Kier alpha value is -2.18. The van der Waals surface area contributed by atoms with E-state index in [4.69, 9.17) is 11.6 Å². The highest BCUT2D eigenvalue weighted by Crippen LogP contribution is 2.41. The zero-order valence-electron chi connectivity index (χ0n) is 11.4. The zero-order chi connectivity index (χ0) is 15.9. The molecule has 0 aliphatic carbocycles. The lowest BCUT2D eigenvalue weighted by Gasteiger charge is -2.13. The Morgan fingerprint density at radius 1 is 1.32 bits per heavy atom. The van der Waals surface area contributed by atoms with Gasteiger partial charge in [-0.2, -0.15) is 0 Å². The lowest BCUT2D eigenvalue weighted by Crippen LogP contribution is -2.36. The third kappa shape index (κ3) is 2.20. The van der Waals surface area contributed by atoms with E-state index in [-0.39, 0.29) is 5.78 Å². The molecule has 2 aromatic rings. The summed E-state index contributed by atoms with van der Waals surface area (Å²) in [4.78, 5) is 38.4. The largest absolute Gasteiger partial charge is 0.452 e. The minimum absolute atomic E-state index is 0.330. The van der Waals surface area contributed by atoms with Gasteiger partial charge in [-0.05, 0) is 35.2 Å². The summed E-state index contributed by atoms with van der Waals surface area (Å²) in [5, 5.41) is 2.14. The predicted octanol–water partition coefficient (Wildman–Crippen LogP) is 3.48. The molecule has 3 rings (SSSR count). The first-order chi connectivity index (χ1) is 10.5. The molecular formula is C15H10ClNO4S. The van der Waals surface area contributed by atoms with Crippen molar-refractivity contribution in [1.82, 2.24) is 0 Å². The lowest BCUT2D eigenvalue weighted by molar-refractivity contribution is -0.117. The normalized spacial score (nSPS) is 16.5. The van der Waals surface area contributed by atoms with Crippen LogP contribution in [0.2, 0.25) is 5.02 Å². The Kier molecular flexibility index (Phi) is 3.72. The summed E-state index contributed by atoms with van der Waals surface area (Å²) >= 11 is 7.22. The molecule has 0 fully saturated rings. The summed E-state index contributed by atoms with van der Waals surface area (Å²) in [5.41, 5.74) is 0.748. The molecule has 0 spiro atoms. The van der Waals surface area contributed by atoms with Crippen LogP contribution in [-0.4, -0.2) is 24.9 Å². The van der Waals surface area contributed by atoms with Gasteiger partial charge in [-0.3, -0.25) is 9.59 Å². The molecule has 1 aliphatic rings. The fourth-order valence-electron chi connectivity index (χ4n) is 2.44. The molecule has 0 saturated carbocycles. The van der Waals surface area contributed by atoms with Crippen molar-refractivity contribution in [3.8, 4) is 0 Å². The highest BCUT2D eigenvalue weighted by atomic mass is 35.5. The number of carbonyl (C=O) groups excluding carboxylic acids is 3. The third-order valence-electron chi connectivity index (χ3n) is 3.39. The second-order valence-electron chi connectivity index (χ2n) is 4.62. The Labute approximate surface area is 135 Å². The smallest absolute Gasteiger partial charge is 0.420 e. The van der Waals surface area contributed by atoms with Crippen molar-refractivity contribution in [3.63, 3.8) is 0 Å². The number of methoxy groups -OCH3 is 1. The minimum atomic E-state index is -1.08. The second kappa shape index (κ2) is 5.55. The fourth-order valence-corrected chi connectivity index (χ4v) is 3.31. The molecule has 0 N–H and O–H groups in total. The van der Waals surface area contributed by atoms with E-state index in [1.54, 1.807) is 23.6 Å². The minimum Gasteiger partial charge on any atom is -0.452 e. The van der Waals surface area contributed by atoms with E-state index in [1.807, 2.05) is 0 Å². The second-order valence-corrected chi connectivity index (χ2v) is 6.01. The van der Waals surface area contributed by atoms with Gasteiger partial charge in [0.2, 0.25) is 0 Å². The standard InChI is InChI=1S/C15H10ClNO4S/c1-21-15(20)17-10-5-4-8(16)7-9(10)12(14(17)19)13(18)11-3-2-6-22-11/h2-7,12H,1H3. The van der Waals surface area contributed by atoms with Crippen LogP contribution < -0.4 is 4.90 Å². The average molecular weight is 336 g/mol. The van der Waals surface area contributed by atoms with Gasteiger partial charge in [0.15, 0.2) is 5.78 Å². The van der Waals surface area contributed by atoms with E-state index in [0.717, 1.165) is 4.90 Å². The molecule has 0 radical (unpaired) electrons. The van der Waals surface area contributed by atoms with Crippen LogP contribution >= 0.6 is 22.9 Å². The monoisotopic (exact) mass is 335 g/mol. The van der Waals surface area contributed by atoms with Gasteiger partial charge >= 0.3 is 6.09 Å². The predicted molar refractivity (Wildman–Crippen MR) is 82.7 cm³/mol. The molecule has 1 unspecified atom stereocenters. The number of nitrogens with zero attached hydrogens (tertiary/aromatic N) is 1. The molecule has 1 aromatic heterocycles. The van der Waals surface area contributed by atoms with Crippen LogP contribution in [0.5, 0.6) is 0 Å². The van der Waals surface area contributed by atoms with Gasteiger partial charge < -0.3 is 4.74 Å². The van der Waals surface area contributed by atoms with E-state index in [2.05, 4.69) is 4.74 Å². The van der Waals surface area contributed by atoms with Crippen molar-refractivity contribution in [1.29, 1.82) is 0 Å². The molecule has 22 heavy (non-hydrogen) atoms. The van der Waals surface area contributed by atoms with Crippen molar-refractivity contribution in [2.75, 3.05) is 12.0 Å². The molecule has 7 heteroatoms. The van der Waals surface area contributed by atoms with Gasteiger partial charge in [-0.25, -0.2) is 9.69 Å². The maximum Gasteiger partial charge on any atom is 0.420 e. The Morgan fingerprint density at radius 3 is 2.73 bits per heavy atom. The molecule has 112 valence electrons. The molecule has 0 bridgehead atoms. The third-order valence-corrected chi connectivity index (χ3v) is 4.51. The van der Waals surface area contributed by atoms with Crippen molar-refractivity contribution in [3.05, 3.63) is 51.2 Å². The molecule has 2 heterocycles. The number of fused-ring (bicyclic) bond motifs is 1. The topological polar surface area (TPSA) is 63.7 Å². The number of ether oxygens (including phenoxy) is 1. The number of Topliss-reactive ketones (excluding diaryl/α,β-unsaturated/α-hetero) is 1. The number of imide groups is 1. The van der Waals surface area contributed by atoms with Crippen LogP contribution in [0.3, 0.4) is 0 Å². The fraction of sp³-hybridized carbons (Fsp3) is 0.133. The van der Waals surface area contributed by atoms with Crippen LogP contribution in [0, 0.1) is 0 Å². The maximum atomic E-state index is 12.6. The number of anilines is 1. The number of amides is 2. The van der Waals surface area contributed by atoms with E-state index in [9.17, 15) is 14.4 Å². The number of ketones is 1. The van der Waals surface area contributed by atoms with Gasteiger partial charge in [0.05, 0.1) is 17.7 Å². The number of benzene rings is 1. The van der Waals surface area contributed by atoms with Gasteiger partial charge in [0.25, 0.3) is 5.91 Å². The number of carbonyl (C=O) groups is 3. The zero-order valence-corrected chi connectivity index (χ0v) is 13.0. The quantitative estimate of drug-likeness (QED) is 0.622. The first-order valence-electron chi connectivity index (χ1n) is 6.33. The number of halogens is 1. The maximum absolute atomic E-state index is 12.6. The van der Waals surface area contributed by atoms with Crippen LogP contribution in [0.1, 0.15) is 21.2 Å². The summed E-state index contributed by atoms with van der Waals surface area (Å²) in [7, 11) is 1.18. The van der Waals surface area contributed by atoms with E-state index in [0.29, 0.717) is 21.2 Å². The lowest BCUT2D eigenvalue weighted by atomic mass is 9.95. The van der Waals surface area contributed by atoms with Crippen molar-refractivity contribution >= 4 is 46.4 Å². The van der Waals surface area contributed by atoms with Crippen LogP contribution in [0.4, 0.5) is 10.5 Å². The summed E-state index contributed by atoms with van der Waals surface area (Å²) in [6.07, 6.45) is -0.824. The summed E-state index contributed by atoms with van der Waals surface area (Å²) in [6.45, 7) is 0. The van der Waals surface area contributed by atoms with Gasteiger partial charge in [-0.15, -0.1) is 11.3 Å². The van der Waals surface area contributed by atoms with Crippen molar-refractivity contribution < 1.29 is 19.1 Å². The first kappa shape index (κ1) is 14.7.